The summed E-state index contributed by atoms with van der Waals surface area (Å²) in [6.07, 6.45) is 0. The quantitative estimate of drug-likeness (QED) is 0.760. The minimum atomic E-state index is -0.897. The molecule has 0 amide bonds. The lowest BCUT2D eigenvalue weighted by molar-refractivity contribution is 0.0702. The van der Waals surface area contributed by atoms with Gasteiger partial charge in [0.05, 0.1) is 6.61 Å². The van der Waals surface area contributed by atoms with Crippen LogP contribution in [0.4, 0.5) is 5.69 Å². The third-order valence-corrected chi connectivity index (χ3v) is 3.26. The maximum atomic E-state index is 10.8. The molecule has 1 aromatic heterocycles. The van der Waals surface area contributed by atoms with Gasteiger partial charge < -0.3 is 15.5 Å². The van der Waals surface area contributed by atoms with Crippen molar-refractivity contribution in [3.8, 4) is 0 Å². The first kappa shape index (κ1) is 10.9. The number of aliphatic hydroxyl groups excluding tert-OH is 1. The molecule has 0 aliphatic heterocycles. The van der Waals surface area contributed by atoms with Crippen molar-refractivity contribution in [2.75, 3.05) is 18.5 Å². The number of carbonyl (C=O) groups is 1. The number of benzene rings is 1. The lowest BCUT2D eigenvalue weighted by atomic mass is 10.2. The van der Waals surface area contributed by atoms with E-state index in [4.69, 9.17) is 10.2 Å². The fraction of sp³-hybridized carbons (Fsp3) is 0.182. The summed E-state index contributed by atoms with van der Waals surface area (Å²) in [4.78, 5) is 11.1. The second-order valence-electron chi connectivity index (χ2n) is 3.32. The van der Waals surface area contributed by atoms with E-state index in [9.17, 15) is 4.79 Å². The van der Waals surface area contributed by atoms with Crippen LogP contribution in [0.5, 0.6) is 0 Å². The largest absolute Gasteiger partial charge is 0.477 e. The normalized spacial score (nSPS) is 10.6. The van der Waals surface area contributed by atoms with E-state index in [-0.39, 0.29) is 6.61 Å². The zero-order chi connectivity index (χ0) is 11.5. The Balaban J connectivity index is 2.34. The van der Waals surface area contributed by atoms with Crippen LogP contribution in [-0.4, -0.2) is 29.3 Å². The fourth-order valence-corrected chi connectivity index (χ4v) is 2.39. The molecule has 5 heteroatoms. The molecule has 1 aromatic carbocycles. The van der Waals surface area contributed by atoms with Gasteiger partial charge in [-0.3, -0.25) is 0 Å². The Morgan fingerprint density at radius 1 is 1.38 bits per heavy atom. The van der Waals surface area contributed by atoms with Crippen molar-refractivity contribution in [3.63, 3.8) is 0 Å². The van der Waals surface area contributed by atoms with E-state index in [1.807, 2.05) is 18.2 Å². The van der Waals surface area contributed by atoms with Gasteiger partial charge in [0, 0.05) is 16.9 Å². The zero-order valence-corrected chi connectivity index (χ0v) is 9.25. The summed E-state index contributed by atoms with van der Waals surface area (Å²) in [5, 5.41) is 21.5. The van der Waals surface area contributed by atoms with Gasteiger partial charge in [-0.2, -0.15) is 0 Å². The number of hydrogen-bond acceptors (Lipinski definition) is 4. The number of anilines is 1. The van der Waals surface area contributed by atoms with Crippen LogP contribution in [0.3, 0.4) is 0 Å². The molecule has 0 aliphatic carbocycles. The van der Waals surface area contributed by atoms with Crippen molar-refractivity contribution in [2.45, 2.75) is 0 Å². The van der Waals surface area contributed by atoms with Crippen LogP contribution in [0.1, 0.15) is 9.67 Å². The maximum absolute atomic E-state index is 10.8. The molecule has 0 atom stereocenters. The number of aromatic carboxylic acids is 1. The van der Waals surface area contributed by atoms with Crippen LogP contribution in [-0.2, 0) is 0 Å². The second-order valence-corrected chi connectivity index (χ2v) is 4.40. The second kappa shape index (κ2) is 4.51. The van der Waals surface area contributed by atoms with Gasteiger partial charge >= 0.3 is 5.97 Å². The predicted molar refractivity (Wildman–Crippen MR) is 64.4 cm³/mol. The molecule has 1 heterocycles. The lowest BCUT2D eigenvalue weighted by Gasteiger charge is -2.03. The highest BCUT2D eigenvalue weighted by atomic mass is 32.1. The molecule has 0 fully saturated rings. The molecule has 2 aromatic rings. The molecule has 2 rings (SSSR count). The van der Waals surface area contributed by atoms with E-state index in [1.165, 1.54) is 11.3 Å². The third-order valence-electron chi connectivity index (χ3n) is 2.17. The molecule has 0 saturated carbocycles. The van der Waals surface area contributed by atoms with E-state index in [0.29, 0.717) is 11.4 Å². The van der Waals surface area contributed by atoms with Crippen LogP contribution in [0.2, 0.25) is 0 Å². The molecule has 0 aliphatic rings. The first-order valence-electron chi connectivity index (χ1n) is 4.82. The number of carboxylic acid groups (broad SMARTS) is 1. The molecule has 0 radical (unpaired) electrons. The van der Waals surface area contributed by atoms with Gasteiger partial charge in [0.15, 0.2) is 0 Å². The minimum absolute atomic E-state index is 0.0723. The first-order valence-corrected chi connectivity index (χ1v) is 5.64. The van der Waals surface area contributed by atoms with Crippen molar-refractivity contribution in [3.05, 3.63) is 29.1 Å². The average molecular weight is 237 g/mol. The standard InChI is InChI=1S/C11H11NO3S/c13-4-3-12-8-2-1-7-5-10(11(14)15)16-9(7)6-8/h1-2,5-6,12-13H,3-4H2,(H,14,15). The summed E-state index contributed by atoms with van der Waals surface area (Å²) < 4.78 is 0.931. The van der Waals surface area contributed by atoms with Crippen LogP contribution in [0, 0.1) is 0 Å². The number of rotatable bonds is 4. The summed E-state index contributed by atoms with van der Waals surface area (Å²) in [5.41, 5.74) is 0.889. The third kappa shape index (κ3) is 2.15. The number of fused-ring (bicyclic) bond motifs is 1. The maximum Gasteiger partial charge on any atom is 0.345 e. The predicted octanol–water partition coefficient (Wildman–Crippen LogP) is 2.00. The fourth-order valence-electron chi connectivity index (χ4n) is 1.45. The Labute approximate surface area is 96.1 Å². The molecule has 0 saturated heterocycles. The highest BCUT2D eigenvalue weighted by Crippen LogP contribution is 2.28. The SMILES string of the molecule is O=C(O)c1cc2ccc(NCCO)cc2s1. The minimum Gasteiger partial charge on any atom is -0.477 e. The van der Waals surface area contributed by atoms with Crippen molar-refractivity contribution >= 4 is 33.1 Å². The Kier molecular flexibility index (Phi) is 3.07. The van der Waals surface area contributed by atoms with Gasteiger partial charge in [0.2, 0.25) is 0 Å². The van der Waals surface area contributed by atoms with Gasteiger partial charge in [-0.15, -0.1) is 11.3 Å². The van der Waals surface area contributed by atoms with E-state index in [2.05, 4.69) is 5.32 Å². The van der Waals surface area contributed by atoms with E-state index >= 15 is 0 Å². The molecule has 84 valence electrons. The van der Waals surface area contributed by atoms with E-state index in [0.717, 1.165) is 15.8 Å². The van der Waals surface area contributed by atoms with Crippen molar-refractivity contribution in [2.24, 2.45) is 0 Å². The molecular weight excluding hydrogens is 226 g/mol. The van der Waals surface area contributed by atoms with Gasteiger partial charge in [0.25, 0.3) is 0 Å². The Bertz CT molecular complexity index is 521. The lowest BCUT2D eigenvalue weighted by Crippen LogP contribution is -2.04. The van der Waals surface area contributed by atoms with Crippen LogP contribution < -0.4 is 5.32 Å². The number of nitrogens with one attached hydrogen (secondary N) is 1. The molecule has 3 N–H and O–H groups in total. The molecule has 0 bridgehead atoms. The first-order chi connectivity index (χ1) is 7.70. The molecule has 4 nitrogen and oxygen atoms in total. The summed E-state index contributed by atoms with van der Waals surface area (Å²) in [6, 6.07) is 7.30. The summed E-state index contributed by atoms with van der Waals surface area (Å²) in [6.45, 7) is 0.561. The van der Waals surface area contributed by atoms with Gasteiger partial charge in [-0.25, -0.2) is 4.79 Å². The Morgan fingerprint density at radius 3 is 2.88 bits per heavy atom. The van der Waals surface area contributed by atoms with Crippen molar-refractivity contribution < 1.29 is 15.0 Å². The van der Waals surface area contributed by atoms with Gasteiger partial charge in [0.1, 0.15) is 4.88 Å². The highest BCUT2D eigenvalue weighted by Gasteiger charge is 2.08. The average Bonchev–Trinajstić information content (AvgIpc) is 2.69. The van der Waals surface area contributed by atoms with Crippen LogP contribution in [0.25, 0.3) is 10.1 Å². The van der Waals surface area contributed by atoms with Crippen molar-refractivity contribution in [1.82, 2.24) is 0 Å². The zero-order valence-electron chi connectivity index (χ0n) is 8.43. The number of thiophene rings is 1. The number of aliphatic hydroxyl groups is 1. The molecule has 0 unspecified atom stereocenters. The topological polar surface area (TPSA) is 69.6 Å². The van der Waals surface area contributed by atoms with Crippen LogP contribution in [0.15, 0.2) is 24.3 Å². The van der Waals surface area contributed by atoms with Crippen molar-refractivity contribution in [1.29, 1.82) is 0 Å². The Morgan fingerprint density at radius 2 is 2.19 bits per heavy atom. The smallest absolute Gasteiger partial charge is 0.345 e. The monoisotopic (exact) mass is 237 g/mol. The van der Waals surface area contributed by atoms with E-state index < -0.39 is 5.97 Å². The molecule has 16 heavy (non-hydrogen) atoms. The van der Waals surface area contributed by atoms with E-state index in [1.54, 1.807) is 6.07 Å². The molecule has 0 spiro atoms. The number of hydrogen-bond donors (Lipinski definition) is 3. The summed E-state index contributed by atoms with van der Waals surface area (Å²) in [5.74, 6) is -0.897. The van der Waals surface area contributed by atoms with Gasteiger partial charge in [-0.1, -0.05) is 6.07 Å². The molecular formula is C11H11NO3S. The summed E-state index contributed by atoms with van der Waals surface area (Å²) >= 11 is 1.25. The Hall–Kier alpha value is -1.59. The summed E-state index contributed by atoms with van der Waals surface area (Å²) in [7, 11) is 0. The highest BCUT2D eigenvalue weighted by molar-refractivity contribution is 7.20. The van der Waals surface area contributed by atoms with Gasteiger partial charge in [-0.05, 0) is 23.6 Å². The van der Waals surface area contributed by atoms with Crippen LogP contribution >= 0.6 is 11.3 Å². The number of carboxylic acids is 1.